The fraction of sp³-hybridized carbons (Fsp3) is 0.263. The minimum atomic E-state index is -0.379. The third-order valence-corrected chi connectivity index (χ3v) is 4.42. The molecule has 0 unspecified atom stereocenters. The van der Waals surface area contributed by atoms with Crippen LogP contribution in [0.5, 0.6) is 0 Å². The molecule has 0 aliphatic carbocycles. The van der Waals surface area contributed by atoms with Crippen LogP contribution in [0.2, 0.25) is 0 Å². The van der Waals surface area contributed by atoms with Gasteiger partial charge in [0.2, 0.25) is 0 Å². The van der Waals surface area contributed by atoms with Crippen LogP contribution in [-0.2, 0) is 0 Å². The Balaban J connectivity index is 1.64. The molecule has 0 spiro atoms. The fourth-order valence-electron chi connectivity index (χ4n) is 3.13. The van der Waals surface area contributed by atoms with Gasteiger partial charge in [-0.2, -0.15) is 5.10 Å². The van der Waals surface area contributed by atoms with E-state index in [0.29, 0.717) is 17.1 Å². The highest BCUT2D eigenvalue weighted by molar-refractivity contribution is 5.94. The fourth-order valence-corrected chi connectivity index (χ4v) is 3.13. The van der Waals surface area contributed by atoms with Crippen molar-refractivity contribution in [2.45, 2.75) is 26.3 Å². The Labute approximate surface area is 154 Å². The zero-order valence-corrected chi connectivity index (χ0v) is 15.1. The summed E-state index contributed by atoms with van der Waals surface area (Å²) in [5, 5.41) is 9.27. The van der Waals surface area contributed by atoms with E-state index in [4.69, 9.17) is 0 Å². The number of nitrogens with zero attached hydrogens (tertiary/aromatic N) is 3. The number of nitrogens with one attached hydrogen (secondary N) is 3. The molecule has 3 heterocycles. The Bertz CT molecular complexity index is 1140. The molecule has 1 aromatic carbocycles. The lowest BCUT2D eigenvalue weighted by molar-refractivity contribution is 0.0929. The third kappa shape index (κ3) is 3.33. The Kier molecular flexibility index (Phi) is 4.23. The highest BCUT2D eigenvalue weighted by Gasteiger charge is 2.21. The van der Waals surface area contributed by atoms with E-state index in [0.717, 1.165) is 23.3 Å². The molecule has 138 valence electrons. The molecule has 27 heavy (non-hydrogen) atoms. The van der Waals surface area contributed by atoms with Crippen molar-refractivity contribution in [1.29, 1.82) is 0 Å². The molecule has 0 fully saturated rings. The Hall–Kier alpha value is -3.42. The van der Waals surface area contributed by atoms with Crippen molar-refractivity contribution < 1.29 is 4.79 Å². The van der Waals surface area contributed by atoms with Crippen LogP contribution in [-0.4, -0.2) is 30.5 Å². The second-order valence-corrected chi connectivity index (χ2v) is 6.97. The summed E-state index contributed by atoms with van der Waals surface area (Å²) in [5.74, 6) is 0.818. The van der Waals surface area contributed by atoms with Crippen molar-refractivity contribution >= 4 is 22.6 Å². The highest BCUT2D eigenvalue weighted by atomic mass is 16.2. The van der Waals surface area contributed by atoms with E-state index in [1.807, 2.05) is 24.3 Å². The van der Waals surface area contributed by atoms with E-state index >= 15 is 0 Å². The monoisotopic (exact) mass is 364 g/mol. The van der Waals surface area contributed by atoms with Crippen molar-refractivity contribution in [2.75, 3.05) is 0 Å². The van der Waals surface area contributed by atoms with Gasteiger partial charge in [-0.25, -0.2) is 19.3 Å². The van der Waals surface area contributed by atoms with Gasteiger partial charge in [0, 0.05) is 6.20 Å². The number of benzene rings is 1. The molecule has 4 aromatic rings. The van der Waals surface area contributed by atoms with Crippen LogP contribution in [0.15, 0.2) is 47.4 Å². The number of hydrogen-bond donors (Lipinski definition) is 3. The summed E-state index contributed by atoms with van der Waals surface area (Å²) in [6.45, 7) is 4.19. The van der Waals surface area contributed by atoms with Crippen molar-refractivity contribution in [3.8, 4) is 0 Å². The molecule has 4 rings (SSSR count). The van der Waals surface area contributed by atoms with Gasteiger partial charge in [-0.3, -0.25) is 4.79 Å². The first-order valence-corrected chi connectivity index (χ1v) is 8.83. The number of carbonyl (C=O) groups is 1. The van der Waals surface area contributed by atoms with Crippen LogP contribution >= 0.6 is 0 Å². The van der Waals surface area contributed by atoms with Crippen LogP contribution in [0.25, 0.3) is 16.7 Å². The number of hydrogen-bond acceptors (Lipinski definition) is 4. The summed E-state index contributed by atoms with van der Waals surface area (Å²) < 4.78 is 1.31. The van der Waals surface area contributed by atoms with Crippen LogP contribution in [0.4, 0.5) is 0 Å². The maximum atomic E-state index is 12.8. The van der Waals surface area contributed by atoms with Crippen molar-refractivity contribution in [3.63, 3.8) is 0 Å². The lowest BCUT2D eigenvalue weighted by Crippen LogP contribution is -2.30. The van der Waals surface area contributed by atoms with E-state index < -0.39 is 0 Å². The molecule has 0 radical (unpaired) electrons. The SMILES string of the molecule is CC(C)C[C@H](NC(=O)c1ccc2n[nH]c(=O)n2c1)c1nc2ccccc2[nH]1. The van der Waals surface area contributed by atoms with Gasteiger partial charge in [-0.1, -0.05) is 26.0 Å². The molecule has 8 heteroatoms. The van der Waals surface area contributed by atoms with Gasteiger partial charge in [0.05, 0.1) is 22.6 Å². The molecule has 8 nitrogen and oxygen atoms in total. The molecule has 0 bridgehead atoms. The number of aromatic amines is 2. The average Bonchev–Trinajstić information content (AvgIpc) is 3.24. The predicted molar refractivity (Wildman–Crippen MR) is 102 cm³/mol. The highest BCUT2D eigenvalue weighted by Crippen LogP contribution is 2.22. The molecule has 1 atom stereocenters. The maximum absolute atomic E-state index is 12.8. The summed E-state index contributed by atoms with van der Waals surface area (Å²) in [7, 11) is 0. The smallest absolute Gasteiger partial charge is 0.342 e. The van der Waals surface area contributed by atoms with Gasteiger partial charge in [-0.05, 0) is 36.6 Å². The van der Waals surface area contributed by atoms with E-state index in [1.165, 1.54) is 10.6 Å². The van der Waals surface area contributed by atoms with Gasteiger partial charge < -0.3 is 10.3 Å². The van der Waals surface area contributed by atoms with E-state index in [9.17, 15) is 9.59 Å². The minimum absolute atomic E-state index is 0.262. The Morgan fingerprint density at radius 3 is 2.81 bits per heavy atom. The summed E-state index contributed by atoms with van der Waals surface area (Å²) in [5.41, 5.74) is 2.27. The number of rotatable bonds is 5. The summed E-state index contributed by atoms with van der Waals surface area (Å²) in [4.78, 5) is 32.5. The van der Waals surface area contributed by atoms with E-state index in [-0.39, 0.29) is 17.6 Å². The standard InChI is InChI=1S/C19H20N6O2/c1-11(2)9-15(17-20-13-5-3-4-6-14(13)21-17)22-18(26)12-7-8-16-23-24-19(27)25(16)10-12/h3-8,10-11,15H,9H2,1-2H3,(H,20,21)(H,22,26)(H,24,27)/t15-/m0/s1. The molecule has 3 N–H and O–H groups in total. The van der Waals surface area contributed by atoms with Gasteiger partial charge >= 0.3 is 5.69 Å². The normalized spacial score (nSPS) is 12.7. The van der Waals surface area contributed by atoms with Gasteiger partial charge in [-0.15, -0.1) is 0 Å². The molecule has 0 aliphatic heterocycles. The van der Waals surface area contributed by atoms with Crippen LogP contribution < -0.4 is 11.0 Å². The number of pyridine rings is 1. The second-order valence-electron chi connectivity index (χ2n) is 6.97. The van der Waals surface area contributed by atoms with Gasteiger partial charge in [0.25, 0.3) is 5.91 Å². The topological polar surface area (TPSA) is 108 Å². The maximum Gasteiger partial charge on any atom is 0.347 e. The molecular formula is C19H20N6O2. The molecule has 3 aromatic heterocycles. The zero-order valence-electron chi connectivity index (χ0n) is 15.1. The zero-order chi connectivity index (χ0) is 19.0. The van der Waals surface area contributed by atoms with Crippen molar-refractivity contribution in [3.05, 3.63) is 64.5 Å². The summed E-state index contributed by atoms with van der Waals surface area (Å²) in [6, 6.07) is 10.8. The average molecular weight is 364 g/mol. The minimum Gasteiger partial charge on any atom is -0.342 e. The van der Waals surface area contributed by atoms with Gasteiger partial charge in [0.1, 0.15) is 5.82 Å². The van der Waals surface area contributed by atoms with Gasteiger partial charge in [0.15, 0.2) is 5.65 Å². The number of carbonyl (C=O) groups excluding carboxylic acids is 1. The number of aromatic nitrogens is 5. The lowest BCUT2D eigenvalue weighted by Gasteiger charge is -2.18. The third-order valence-electron chi connectivity index (χ3n) is 4.42. The van der Waals surface area contributed by atoms with Crippen LogP contribution in [0, 0.1) is 5.92 Å². The Morgan fingerprint density at radius 2 is 2.04 bits per heavy atom. The van der Waals surface area contributed by atoms with Crippen molar-refractivity contribution in [2.24, 2.45) is 5.92 Å². The Morgan fingerprint density at radius 1 is 1.22 bits per heavy atom. The summed E-state index contributed by atoms with van der Waals surface area (Å²) >= 11 is 0. The first-order chi connectivity index (χ1) is 13.0. The molecule has 0 saturated carbocycles. The first kappa shape index (κ1) is 17.0. The number of H-pyrrole nitrogens is 2. The molecule has 1 amide bonds. The van der Waals surface area contributed by atoms with Crippen molar-refractivity contribution in [1.82, 2.24) is 29.9 Å². The number of para-hydroxylation sites is 2. The molecular weight excluding hydrogens is 344 g/mol. The lowest BCUT2D eigenvalue weighted by atomic mass is 10.0. The first-order valence-electron chi connectivity index (χ1n) is 8.83. The largest absolute Gasteiger partial charge is 0.347 e. The van der Waals surface area contributed by atoms with E-state index in [1.54, 1.807) is 12.1 Å². The molecule has 0 saturated heterocycles. The van der Waals surface area contributed by atoms with E-state index in [2.05, 4.69) is 39.3 Å². The number of amides is 1. The molecule has 0 aliphatic rings. The number of imidazole rings is 1. The number of fused-ring (bicyclic) bond motifs is 2. The van der Waals surface area contributed by atoms with Crippen LogP contribution in [0.1, 0.15) is 42.5 Å². The van der Waals surface area contributed by atoms with Crippen LogP contribution in [0.3, 0.4) is 0 Å². The quantitative estimate of drug-likeness (QED) is 0.505. The second kappa shape index (κ2) is 6.71. The summed E-state index contributed by atoms with van der Waals surface area (Å²) in [6.07, 6.45) is 2.22. The predicted octanol–water partition coefficient (Wildman–Crippen LogP) is 2.42.